The summed E-state index contributed by atoms with van der Waals surface area (Å²) in [4.78, 5) is 11.9. The third kappa shape index (κ3) is 3.45. The molecule has 0 aliphatic carbocycles. The van der Waals surface area contributed by atoms with Crippen molar-refractivity contribution in [1.82, 2.24) is 0 Å². The first-order valence-corrected chi connectivity index (χ1v) is 6.05. The van der Waals surface area contributed by atoms with Crippen molar-refractivity contribution in [1.29, 1.82) is 0 Å². The second kappa shape index (κ2) is 5.50. The highest BCUT2D eigenvalue weighted by Gasteiger charge is 2.04. The van der Waals surface area contributed by atoms with Crippen molar-refractivity contribution < 1.29 is 4.79 Å². The van der Waals surface area contributed by atoms with Gasteiger partial charge in [-0.2, -0.15) is 0 Å². The van der Waals surface area contributed by atoms with Crippen molar-refractivity contribution in [2.24, 2.45) is 0 Å². The van der Waals surface area contributed by atoms with Gasteiger partial charge in [-0.25, -0.2) is 0 Å². The molecule has 0 saturated heterocycles. The zero-order valence-electron chi connectivity index (χ0n) is 10.7. The third-order valence-corrected chi connectivity index (χ3v) is 2.71. The van der Waals surface area contributed by atoms with Crippen molar-refractivity contribution in [3.8, 4) is 0 Å². The largest absolute Gasteiger partial charge is 0.326 e. The van der Waals surface area contributed by atoms with Crippen molar-refractivity contribution in [3.05, 3.63) is 65.2 Å². The summed E-state index contributed by atoms with van der Waals surface area (Å²) in [6, 6.07) is 15.8. The number of hydrogen-bond acceptors (Lipinski definition) is 1. The van der Waals surface area contributed by atoms with Crippen LogP contribution in [0.2, 0.25) is 0 Å². The topological polar surface area (TPSA) is 29.1 Å². The molecular weight excluding hydrogens is 222 g/mol. The number of benzene rings is 2. The number of aryl methyl sites for hydroxylation is 2. The number of amides is 1. The minimum absolute atomic E-state index is 0.0196. The molecule has 2 aromatic carbocycles. The summed E-state index contributed by atoms with van der Waals surface area (Å²) in [5.74, 6) is 0.0196. The summed E-state index contributed by atoms with van der Waals surface area (Å²) in [6.45, 7) is 4.06. The van der Waals surface area contributed by atoms with Gasteiger partial charge in [-0.3, -0.25) is 4.79 Å². The Morgan fingerprint density at radius 3 is 2.22 bits per heavy atom. The SMILES string of the molecule is Cc1cc(C)cc(NC(=O)Cc2ccccc2)c1. The molecule has 0 spiro atoms. The van der Waals surface area contributed by atoms with Crippen LogP contribution in [-0.4, -0.2) is 5.91 Å². The van der Waals surface area contributed by atoms with Crippen LogP contribution in [-0.2, 0) is 11.2 Å². The summed E-state index contributed by atoms with van der Waals surface area (Å²) in [6.07, 6.45) is 0.411. The molecule has 0 heterocycles. The molecule has 1 N–H and O–H groups in total. The van der Waals surface area contributed by atoms with Gasteiger partial charge < -0.3 is 5.32 Å². The molecule has 2 heteroatoms. The lowest BCUT2D eigenvalue weighted by molar-refractivity contribution is -0.115. The average Bonchev–Trinajstić information content (AvgIpc) is 2.28. The van der Waals surface area contributed by atoms with Gasteiger partial charge in [-0.05, 0) is 42.7 Å². The Bertz CT molecular complexity index is 526. The Morgan fingerprint density at radius 2 is 1.61 bits per heavy atom. The van der Waals surface area contributed by atoms with Gasteiger partial charge in [0, 0.05) is 5.69 Å². The Morgan fingerprint density at radius 1 is 1.00 bits per heavy atom. The van der Waals surface area contributed by atoms with Crippen LogP contribution < -0.4 is 5.32 Å². The predicted molar refractivity (Wildman–Crippen MR) is 74.7 cm³/mol. The maximum Gasteiger partial charge on any atom is 0.228 e. The maximum atomic E-state index is 11.9. The fourth-order valence-corrected chi connectivity index (χ4v) is 2.03. The fourth-order valence-electron chi connectivity index (χ4n) is 2.03. The summed E-state index contributed by atoms with van der Waals surface area (Å²) >= 11 is 0. The molecular formula is C16H17NO. The Labute approximate surface area is 108 Å². The van der Waals surface area contributed by atoms with Gasteiger partial charge in [0.15, 0.2) is 0 Å². The second-order valence-electron chi connectivity index (χ2n) is 4.59. The van der Waals surface area contributed by atoms with Crippen LogP contribution in [0.25, 0.3) is 0 Å². The first-order chi connectivity index (χ1) is 8.63. The Kier molecular flexibility index (Phi) is 3.78. The number of rotatable bonds is 3. The molecule has 2 rings (SSSR count). The van der Waals surface area contributed by atoms with Crippen molar-refractivity contribution in [3.63, 3.8) is 0 Å². The molecule has 92 valence electrons. The minimum atomic E-state index is 0.0196. The molecule has 0 fully saturated rings. The zero-order valence-corrected chi connectivity index (χ0v) is 10.7. The van der Waals surface area contributed by atoms with Crippen LogP contribution in [0.15, 0.2) is 48.5 Å². The van der Waals surface area contributed by atoms with E-state index >= 15 is 0 Å². The monoisotopic (exact) mass is 239 g/mol. The van der Waals surface area contributed by atoms with E-state index in [9.17, 15) is 4.79 Å². The molecule has 0 atom stereocenters. The summed E-state index contributed by atoms with van der Waals surface area (Å²) in [5, 5.41) is 2.93. The number of carbonyl (C=O) groups is 1. The van der Waals surface area contributed by atoms with Crippen LogP contribution in [0.5, 0.6) is 0 Å². The van der Waals surface area contributed by atoms with E-state index in [-0.39, 0.29) is 5.91 Å². The minimum Gasteiger partial charge on any atom is -0.326 e. The van der Waals surface area contributed by atoms with Gasteiger partial charge in [0.2, 0.25) is 5.91 Å². The molecule has 0 aromatic heterocycles. The lowest BCUT2D eigenvalue weighted by Gasteiger charge is -2.07. The molecule has 0 bridgehead atoms. The highest BCUT2D eigenvalue weighted by molar-refractivity contribution is 5.92. The lowest BCUT2D eigenvalue weighted by atomic mass is 10.1. The van der Waals surface area contributed by atoms with Crippen LogP contribution >= 0.6 is 0 Å². The van der Waals surface area contributed by atoms with Crippen molar-refractivity contribution in [2.45, 2.75) is 20.3 Å². The first kappa shape index (κ1) is 12.4. The van der Waals surface area contributed by atoms with E-state index in [1.54, 1.807) is 0 Å². The Balaban J connectivity index is 2.03. The molecule has 0 saturated carbocycles. The molecule has 0 unspecified atom stereocenters. The van der Waals surface area contributed by atoms with E-state index in [1.807, 2.05) is 56.3 Å². The number of anilines is 1. The number of carbonyl (C=O) groups excluding carboxylic acids is 1. The Hall–Kier alpha value is -2.09. The lowest BCUT2D eigenvalue weighted by Crippen LogP contribution is -2.14. The van der Waals surface area contributed by atoms with E-state index < -0.39 is 0 Å². The molecule has 1 amide bonds. The van der Waals surface area contributed by atoms with E-state index in [4.69, 9.17) is 0 Å². The molecule has 0 aliphatic rings. The first-order valence-electron chi connectivity index (χ1n) is 6.05. The summed E-state index contributed by atoms with van der Waals surface area (Å²) in [7, 11) is 0. The van der Waals surface area contributed by atoms with Gasteiger partial charge in [0.05, 0.1) is 6.42 Å². The highest BCUT2D eigenvalue weighted by Crippen LogP contribution is 2.14. The van der Waals surface area contributed by atoms with Gasteiger partial charge in [0.1, 0.15) is 0 Å². The van der Waals surface area contributed by atoms with E-state index in [1.165, 1.54) is 0 Å². The standard InChI is InChI=1S/C16H17NO/c1-12-8-13(2)10-15(9-12)17-16(18)11-14-6-4-3-5-7-14/h3-10H,11H2,1-2H3,(H,17,18). The van der Waals surface area contributed by atoms with Gasteiger partial charge in [0.25, 0.3) is 0 Å². The smallest absolute Gasteiger partial charge is 0.228 e. The predicted octanol–water partition coefficient (Wildman–Crippen LogP) is 3.48. The normalized spacial score (nSPS) is 10.1. The maximum absolute atomic E-state index is 11.9. The highest BCUT2D eigenvalue weighted by atomic mass is 16.1. The molecule has 0 aliphatic heterocycles. The molecule has 0 radical (unpaired) electrons. The van der Waals surface area contributed by atoms with E-state index in [0.717, 1.165) is 22.4 Å². The van der Waals surface area contributed by atoms with Gasteiger partial charge in [-0.15, -0.1) is 0 Å². The zero-order chi connectivity index (χ0) is 13.0. The van der Waals surface area contributed by atoms with Gasteiger partial charge in [-0.1, -0.05) is 36.4 Å². The summed E-state index contributed by atoms with van der Waals surface area (Å²) < 4.78 is 0. The quantitative estimate of drug-likeness (QED) is 0.872. The van der Waals surface area contributed by atoms with Crippen LogP contribution in [0, 0.1) is 13.8 Å². The van der Waals surface area contributed by atoms with Crippen LogP contribution in [0.4, 0.5) is 5.69 Å². The number of nitrogens with one attached hydrogen (secondary N) is 1. The van der Waals surface area contributed by atoms with Crippen molar-refractivity contribution >= 4 is 11.6 Å². The fraction of sp³-hybridized carbons (Fsp3) is 0.188. The third-order valence-electron chi connectivity index (χ3n) is 2.71. The molecule has 18 heavy (non-hydrogen) atoms. The van der Waals surface area contributed by atoms with Crippen LogP contribution in [0.3, 0.4) is 0 Å². The molecule has 2 nitrogen and oxygen atoms in total. The van der Waals surface area contributed by atoms with Crippen molar-refractivity contribution in [2.75, 3.05) is 5.32 Å². The summed E-state index contributed by atoms with van der Waals surface area (Å²) in [5.41, 5.74) is 4.21. The average molecular weight is 239 g/mol. The van der Waals surface area contributed by atoms with Crippen LogP contribution in [0.1, 0.15) is 16.7 Å². The van der Waals surface area contributed by atoms with E-state index in [0.29, 0.717) is 6.42 Å². The molecule has 2 aromatic rings. The van der Waals surface area contributed by atoms with Gasteiger partial charge >= 0.3 is 0 Å². The number of hydrogen-bond donors (Lipinski definition) is 1. The van der Waals surface area contributed by atoms with E-state index in [2.05, 4.69) is 11.4 Å². The second-order valence-corrected chi connectivity index (χ2v) is 4.59.